The van der Waals surface area contributed by atoms with Crippen molar-refractivity contribution in [2.75, 3.05) is 26.8 Å². The quantitative estimate of drug-likeness (QED) is 0.555. The van der Waals surface area contributed by atoms with Crippen LogP contribution in [0.4, 0.5) is 8.78 Å². The van der Waals surface area contributed by atoms with E-state index in [2.05, 4.69) is 5.32 Å². The highest BCUT2D eigenvalue weighted by Crippen LogP contribution is 2.21. The van der Waals surface area contributed by atoms with Crippen molar-refractivity contribution in [1.82, 2.24) is 5.32 Å². The molecule has 108 valence electrons. The Morgan fingerprint density at radius 1 is 1.11 bits per heavy atom. The summed E-state index contributed by atoms with van der Waals surface area (Å²) in [4.78, 5) is 0. The molecule has 0 fully saturated rings. The molecule has 0 unspecified atom stereocenters. The Labute approximate surface area is 118 Å². The van der Waals surface area contributed by atoms with Crippen molar-refractivity contribution in [3.8, 4) is 0 Å². The molecule has 0 aliphatic rings. The Kier molecular flexibility index (Phi) is 7.94. The Morgan fingerprint density at radius 3 is 2.58 bits per heavy atom. The molecule has 0 bridgehead atoms. The molecule has 1 N–H and O–H groups in total. The van der Waals surface area contributed by atoms with Gasteiger partial charge in [-0.25, -0.2) is 8.78 Å². The van der Waals surface area contributed by atoms with Gasteiger partial charge in [-0.05, 0) is 43.5 Å². The van der Waals surface area contributed by atoms with E-state index in [1.165, 1.54) is 6.07 Å². The van der Waals surface area contributed by atoms with E-state index in [9.17, 15) is 8.78 Å². The minimum absolute atomic E-state index is 0.303. The fourth-order valence-electron chi connectivity index (χ4n) is 1.80. The predicted molar refractivity (Wildman–Crippen MR) is 73.7 cm³/mol. The van der Waals surface area contributed by atoms with Crippen LogP contribution in [0.2, 0.25) is 5.02 Å². The van der Waals surface area contributed by atoms with Gasteiger partial charge in [-0.1, -0.05) is 18.0 Å². The highest BCUT2D eigenvalue weighted by molar-refractivity contribution is 6.31. The van der Waals surface area contributed by atoms with Gasteiger partial charge in [0.05, 0.1) is 6.61 Å². The lowest BCUT2D eigenvalue weighted by Crippen LogP contribution is -2.20. The van der Waals surface area contributed by atoms with Crippen LogP contribution in [0.5, 0.6) is 0 Å². The molecule has 1 aromatic carbocycles. The maximum Gasteiger partial charge on any atom is 0.160 e. The molecule has 0 aliphatic heterocycles. The first-order chi connectivity index (χ1) is 9.15. The lowest BCUT2D eigenvalue weighted by Gasteiger charge is -2.06. The third kappa shape index (κ3) is 6.32. The van der Waals surface area contributed by atoms with Crippen molar-refractivity contribution in [1.29, 1.82) is 0 Å². The molecule has 0 heterocycles. The third-order valence-corrected chi connectivity index (χ3v) is 3.22. The minimum atomic E-state index is -0.893. The van der Waals surface area contributed by atoms with Crippen LogP contribution in [0, 0.1) is 11.6 Å². The number of methoxy groups -OCH3 is 1. The second-order valence-corrected chi connectivity index (χ2v) is 4.82. The number of hydrogen-bond donors (Lipinski definition) is 1. The van der Waals surface area contributed by atoms with Crippen molar-refractivity contribution in [3.05, 3.63) is 34.4 Å². The van der Waals surface area contributed by atoms with Crippen LogP contribution in [0.25, 0.3) is 0 Å². The standard InChI is InChI=1S/C14H20ClF2NO/c1-19-8-7-18-6-4-2-3-5-11-9-13(16)14(17)10-12(11)15/h9-10,18H,2-8H2,1H3. The summed E-state index contributed by atoms with van der Waals surface area (Å²) in [5.41, 5.74) is 0.674. The number of nitrogens with one attached hydrogen (secondary N) is 1. The largest absolute Gasteiger partial charge is 0.383 e. The molecule has 2 nitrogen and oxygen atoms in total. The van der Waals surface area contributed by atoms with Crippen LogP contribution < -0.4 is 5.32 Å². The van der Waals surface area contributed by atoms with E-state index in [0.717, 1.165) is 38.4 Å². The summed E-state index contributed by atoms with van der Waals surface area (Å²) in [6.45, 7) is 2.50. The van der Waals surface area contributed by atoms with Crippen LogP contribution >= 0.6 is 11.6 Å². The molecule has 19 heavy (non-hydrogen) atoms. The summed E-state index contributed by atoms with van der Waals surface area (Å²) in [5.74, 6) is -1.73. The summed E-state index contributed by atoms with van der Waals surface area (Å²) in [7, 11) is 1.67. The number of halogens is 3. The van der Waals surface area contributed by atoms with E-state index in [-0.39, 0.29) is 0 Å². The van der Waals surface area contributed by atoms with Gasteiger partial charge in [-0.2, -0.15) is 0 Å². The molecule has 0 atom stereocenters. The first-order valence-electron chi connectivity index (χ1n) is 6.48. The molecular formula is C14H20ClF2NO. The molecule has 0 saturated heterocycles. The van der Waals surface area contributed by atoms with E-state index < -0.39 is 11.6 Å². The van der Waals surface area contributed by atoms with Crippen LogP contribution in [-0.4, -0.2) is 26.8 Å². The smallest absolute Gasteiger partial charge is 0.160 e. The average Bonchev–Trinajstić information content (AvgIpc) is 2.38. The Bertz CT molecular complexity index is 388. The van der Waals surface area contributed by atoms with Gasteiger partial charge in [0.1, 0.15) is 0 Å². The Balaban J connectivity index is 2.17. The molecule has 0 saturated carbocycles. The maximum absolute atomic E-state index is 13.1. The van der Waals surface area contributed by atoms with Crippen molar-refractivity contribution in [2.45, 2.75) is 25.7 Å². The van der Waals surface area contributed by atoms with Gasteiger partial charge in [0.2, 0.25) is 0 Å². The average molecular weight is 292 g/mol. The van der Waals surface area contributed by atoms with E-state index in [4.69, 9.17) is 16.3 Å². The number of aryl methyl sites for hydroxylation is 1. The Hall–Kier alpha value is -0.710. The van der Waals surface area contributed by atoms with Gasteiger partial charge in [0.25, 0.3) is 0 Å². The SMILES string of the molecule is COCCNCCCCCc1cc(F)c(F)cc1Cl. The molecular weight excluding hydrogens is 272 g/mol. The zero-order valence-corrected chi connectivity index (χ0v) is 11.9. The normalized spacial score (nSPS) is 10.9. The van der Waals surface area contributed by atoms with Gasteiger partial charge in [0, 0.05) is 18.7 Å². The third-order valence-electron chi connectivity index (χ3n) is 2.87. The van der Waals surface area contributed by atoms with Gasteiger partial charge >= 0.3 is 0 Å². The van der Waals surface area contributed by atoms with Gasteiger partial charge in [0.15, 0.2) is 11.6 Å². The molecule has 0 aliphatic carbocycles. The van der Waals surface area contributed by atoms with Crippen LogP contribution in [0.15, 0.2) is 12.1 Å². The Morgan fingerprint density at radius 2 is 1.84 bits per heavy atom. The van der Waals surface area contributed by atoms with Crippen LogP contribution in [-0.2, 0) is 11.2 Å². The lowest BCUT2D eigenvalue weighted by atomic mass is 10.1. The number of ether oxygens (including phenoxy) is 1. The van der Waals surface area contributed by atoms with Crippen molar-refractivity contribution >= 4 is 11.6 Å². The summed E-state index contributed by atoms with van der Waals surface area (Å²) in [5, 5.41) is 3.56. The number of rotatable bonds is 9. The van der Waals surface area contributed by atoms with Crippen molar-refractivity contribution in [2.24, 2.45) is 0 Å². The van der Waals surface area contributed by atoms with E-state index in [1.54, 1.807) is 7.11 Å². The predicted octanol–water partition coefficient (Wildman–Crippen LogP) is 3.57. The molecule has 0 radical (unpaired) electrons. The summed E-state index contributed by atoms with van der Waals surface area (Å²) in [6, 6.07) is 2.23. The topological polar surface area (TPSA) is 21.3 Å². The second kappa shape index (κ2) is 9.23. The van der Waals surface area contributed by atoms with Gasteiger partial charge in [-0.3, -0.25) is 0 Å². The zero-order valence-electron chi connectivity index (χ0n) is 11.1. The van der Waals surface area contributed by atoms with Crippen molar-refractivity contribution < 1.29 is 13.5 Å². The lowest BCUT2D eigenvalue weighted by molar-refractivity contribution is 0.199. The second-order valence-electron chi connectivity index (χ2n) is 4.41. The monoisotopic (exact) mass is 291 g/mol. The number of unbranched alkanes of at least 4 members (excludes halogenated alkanes) is 2. The van der Waals surface area contributed by atoms with Gasteiger partial charge in [-0.15, -0.1) is 0 Å². The maximum atomic E-state index is 13.1. The highest BCUT2D eigenvalue weighted by Gasteiger charge is 2.07. The molecule has 0 amide bonds. The fraction of sp³-hybridized carbons (Fsp3) is 0.571. The molecule has 1 aromatic rings. The van der Waals surface area contributed by atoms with Crippen LogP contribution in [0.3, 0.4) is 0 Å². The summed E-state index contributed by atoms with van der Waals surface area (Å²) < 4.78 is 30.8. The van der Waals surface area contributed by atoms with Crippen LogP contribution in [0.1, 0.15) is 24.8 Å². The van der Waals surface area contributed by atoms with E-state index in [1.807, 2.05) is 0 Å². The zero-order chi connectivity index (χ0) is 14.1. The molecule has 0 spiro atoms. The van der Waals surface area contributed by atoms with E-state index in [0.29, 0.717) is 23.6 Å². The van der Waals surface area contributed by atoms with Gasteiger partial charge < -0.3 is 10.1 Å². The van der Waals surface area contributed by atoms with Crippen molar-refractivity contribution in [3.63, 3.8) is 0 Å². The summed E-state index contributed by atoms with van der Waals surface area (Å²) >= 11 is 5.87. The first kappa shape index (κ1) is 16.3. The molecule has 0 aromatic heterocycles. The number of benzene rings is 1. The first-order valence-corrected chi connectivity index (χ1v) is 6.86. The minimum Gasteiger partial charge on any atom is -0.383 e. The highest BCUT2D eigenvalue weighted by atomic mass is 35.5. The molecule has 5 heteroatoms. The molecule has 1 rings (SSSR count). The fourth-order valence-corrected chi connectivity index (χ4v) is 2.04. The van der Waals surface area contributed by atoms with E-state index >= 15 is 0 Å². The summed E-state index contributed by atoms with van der Waals surface area (Å²) in [6.07, 6.45) is 3.66. The number of hydrogen-bond acceptors (Lipinski definition) is 2.